The Hall–Kier alpha value is -2.90. The molecule has 2 heterocycles. The van der Waals surface area contributed by atoms with Crippen LogP contribution >= 0.6 is 35.0 Å². The molecule has 1 aromatic carbocycles. The minimum atomic E-state index is -0.644. The zero-order valence-corrected chi connectivity index (χ0v) is 26.3. The number of aliphatic imine (C=N–C) groups is 2. The highest BCUT2D eigenvalue weighted by Crippen LogP contribution is 2.37. The number of nitrogens with zero attached hydrogens (tertiary/aromatic N) is 4. The smallest absolute Gasteiger partial charge is 0.141 e. The topological polar surface area (TPSA) is 83.8 Å². The third kappa shape index (κ3) is 8.13. The van der Waals surface area contributed by atoms with E-state index in [1.165, 1.54) is 29.5 Å². The first kappa shape index (κ1) is 32.0. The largest absolute Gasteiger partial charge is 0.376 e. The molecule has 0 fully saturated rings. The number of anilines is 1. The first-order valence-corrected chi connectivity index (χ1v) is 16.3. The SMILES string of the molecule is C=N/C(=C\C=N/CNC1CC(SC)C=CC1OC)c1sc(C(C)C)nc1-c1cccc(NSc2c(F)cccc2F)n1. The Morgan fingerprint density at radius 2 is 1.95 bits per heavy atom. The van der Waals surface area contributed by atoms with E-state index in [0.29, 0.717) is 34.8 Å². The maximum atomic E-state index is 14.1. The summed E-state index contributed by atoms with van der Waals surface area (Å²) >= 11 is 4.18. The number of pyridine rings is 1. The summed E-state index contributed by atoms with van der Waals surface area (Å²) < 4.78 is 36.7. The van der Waals surface area contributed by atoms with E-state index in [4.69, 9.17) is 9.72 Å². The van der Waals surface area contributed by atoms with Crippen molar-refractivity contribution in [3.63, 3.8) is 0 Å². The Morgan fingerprint density at radius 1 is 1.19 bits per heavy atom. The fraction of sp³-hybridized carbons (Fsp3) is 0.333. The second-order valence-corrected chi connectivity index (χ2v) is 12.6. The molecule has 2 aromatic heterocycles. The Kier molecular flexibility index (Phi) is 11.8. The van der Waals surface area contributed by atoms with Gasteiger partial charge in [0, 0.05) is 30.5 Å². The van der Waals surface area contributed by atoms with E-state index in [2.05, 4.69) is 64.0 Å². The molecule has 0 aliphatic heterocycles. The second-order valence-electron chi connectivity index (χ2n) is 9.65. The van der Waals surface area contributed by atoms with Crippen molar-refractivity contribution in [3.8, 4) is 11.4 Å². The van der Waals surface area contributed by atoms with Crippen molar-refractivity contribution in [2.45, 2.75) is 48.5 Å². The van der Waals surface area contributed by atoms with E-state index >= 15 is 0 Å². The van der Waals surface area contributed by atoms with Crippen LogP contribution in [0.5, 0.6) is 0 Å². The quantitative estimate of drug-likeness (QED) is 0.116. The van der Waals surface area contributed by atoms with Crippen LogP contribution in [0.15, 0.2) is 69.5 Å². The summed E-state index contributed by atoms with van der Waals surface area (Å²) in [5.74, 6) is -0.663. The van der Waals surface area contributed by atoms with Crippen LogP contribution in [0, 0.1) is 11.6 Å². The molecular formula is C30H34F2N6OS3. The molecular weight excluding hydrogens is 595 g/mol. The highest BCUT2D eigenvalue weighted by Gasteiger charge is 2.25. The highest BCUT2D eigenvalue weighted by molar-refractivity contribution is 8.00. The van der Waals surface area contributed by atoms with Gasteiger partial charge in [-0.25, -0.2) is 18.7 Å². The van der Waals surface area contributed by atoms with Gasteiger partial charge in [-0.1, -0.05) is 38.1 Å². The summed E-state index contributed by atoms with van der Waals surface area (Å²) in [7, 11) is 1.72. The molecule has 0 saturated carbocycles. The third-order valence-electron chi connectivity index (χ3n) is 6.46. The van der Waals surface area contributed by atoms with Crippen molar-refractivity contribution in [1.29, 1.82) is 0 Å². The van der Waals surface area contributed by atoms with Crippen molar-refractivity contribution < 1.29 is 13.5 Å². The first-order valence-electron chi connectivity index (χ1n) is 13.3. The van der Waals surface area contributed by atoms with E-state index in [1.54, 1.807) is 19.4 Å². The number of hydrogen-bond acceptors (Lipinski definition) is 10. The van der Waals surface area contributed by atoms with Crippen molar-refractivity contribution in [1.82, 2.24) is 15.3 Å². The molecule has 7 nitrogen and oxygen atoms in total. The molecule has 3 aromatic rings. The van der Waals surface area contributed by atoms with Gasteiger partial charge >= 0.3 is 0 Å². The molecule has 42 heavy (non-hydrogen) atoms. The molecule has 222 valence electrons. The van der Waals surface area contributed by atoms with Gasteiger partial charge in [0.25, 0.3) is 0 Å². The molecule has 3 unspecified atom stereocenters. The minimum absolute atomic E-state index is 0.0145. The van der Waals surface area contributed by atoms with Crippen LogP contribution in [-0.2, 0) is 4.74 Å². The number of thioether (sulfide) groups is 1. The highest BCUT2D eigenvalue weighted by atomic mass is 32.2. The number of allylic oxidation sites excluding steroid dienone is 1. The number of halogens is 2. The van der Waals surface area contributed by atoms with Gasteiger partial charge in [-0.2, -0.15) is 11.8 Å². The van der Waals surface area contributed by atoms with E-state index < -0.39 is 11.6 Å². The molecule has 3 atom stereocenters. The van der Waals surface area contributed by atoms with Gasteiger partial charge in [0.2, 0.25) is 0 Å². The van der Waals surface area contributed by atoms with E-state index in [0.717, 1.165) is 28.3 Å². The number of aromatic nitrogens is 2. The second kappa shape index (κ2) is 15.5. The molecule has 1 aliphatic rings. The summed E-state index contributed by atoms with van der Waals surface area (Å²) in [6, 6.07) is 9.32. The van der Waals surface area contributed by atoms with Crippen LogP contribution in [0.3, 0.4) is 0 Å². The number of thiazole rings is 1. The average Bonchev–Trinajstić information content (AvgIpc) is 3.44. The summed E-state index contributed by atoms with van der Waals surface area (Å²) in [6.45, 7) is 8.37. The monoisotopic (exact) mass is 628 g/mol. The van der Waals surface area contributed by atoms with Gasteiger partial charge in [0.1, 0.15) is 23.1 Å². The number of nitrogens with one attached hydrogen (secondary N) is 2. The lowest BCUT2D eigenvalue weighted by atomic mass is 9.99. The Morgan fingerprint density at radius 3 is 2.64 bits per heavy atom. The maximum Gasteiger partial charge on any atom is 0.141 e. The normalized spacial score (nSPS) is 19.1. The maximum absolute atomic E-state index is 14.1. The zero-order valence-electron chi connectivity index (χ0n) is 23.9. The van der Waals surface area contributed by atoms with E-state index in [1.807, 2.05) is 30.0 Å². The van der Waals surface area contributed by atoms with Crippen molar-refractivity contribution in [2.24, 2.45) is 9.98 Å². The first-order chi connectivity index (χ1) is 20.3. The van der Waals surface area contributed by atoms with Crippen LogP contribution in [-0.4, -0.2) is 60.3 Å². The summed E-state index contributed by atoms with van der Waals surface area (Å²) in [4.78, 5) is 19.0. The van der Waals surface area contributed by atoms with Crippen LogP contribution < -0.4 is 10.0 Å². The van der Waals surface area contributed by atoms with Gasteiger partial charge in [0.05, 0.1) is 38.9 Å². The molecule has 2 N–H and O–H groups in total. The molecule has 0 amide bonds. The molecule has 1 aliphatic carbocycles. The summed E-state index contributed by atoms with van der Waals surface area (Å²) in [5.41, 5.74) is 1.87. The van der Waals surface area contributed by atoms with Gasteiger partial charge in [-0.05, 0) is 61.7 Å². The van der Waals surface area contributed by atoms with Crippen molar-refractivity contribution in [3.05, 3.63) is 76.1 Å². The predicted octanol–water partition coefficient (Wildman–Crippen LogP) is 7.46. The zero-order chi connectivity index (χ0) is 30.1. The van der Waals surface area contributed by atoms with Crippen molar-refractivity contribution >= 4 is 59.5 Å². The average molecular weight is 629 g/mol. The van der Waals surface area contributed by atoms with Crippen LogP contribution in [0.1, 0.15) is 36.1 Å². The Bertz CT molecular complexity index is 1440. The van der Waals surface area contributed by atoms with Crippen LogP contribution in [0.4, 0.5) is 14.6 Å². The molecule has 0 saturated heterocycles. The summed E-state index contributed by atoms with van der Waals surface area (Å²) in [6.07, 6.45) is 10.9. The lowest BCUT2D eigenvalue weighted by molar-refractivity contribution is 0.0990. The molecule has 0 spiro atoms. The minimum Gasteiger partial charge on any atom is -0.376 e. The molecule has 0 bridgehead atoms. The fourth-order valence-electron chi connectivity index (χ4n) is 4.23. The predicted molar refractivity (Wildman–Crippen MR) is 175 cm³/mol. The number of hydrogen-bond donors (Lipinski definition) is 2. The van der Waals surface area contributed by atoms with Crippen LogP contribution in [0.2, 0.25) is 0 Å². The van der Waals surface area contributed by atoms with Gasteiger partial charge < -0.3 is 9.46 Å². The number of rotatable bonds is 13. The lowest BCUT2D eigenvalue weighted by Crippen LogP contribution is -2.44. The Balaban J connectivity index is 1.52. The van der Waals surface area contributed by atoms with Gasteiger partial charge in [-0.15, -0.1) is 11.3 Å². The molecule has 0 radical (unpaired) electrons. The molecule has 4 rings (SSSR count). The van der Waals surface area contributed by atoms with E-state index in [-0.39, 0.29) is 23.0 Å². The van der Waals surface area contributed by atoms with Gasteiger partial charge in [-0.3, -0.25) is 15.3 Å². The molecule has 12 heteroatoms. The number of methoxy groups -OCH3 is 1. The standard InChI is InChI=1S/C30H34F2N6OS3/c1-18(2)30-37-27(22-10-7-11-26(36-22)38-42-28-20(31)8-6-9-21(28)32)29(41-30)23(33-3)14-15-34-17-35-24-16-19(40-5)12-13-25(24)39-4/h6-15,18-19,24-25,35H,3,16-17H2,1-2,4-5H3,(H,36,38)/b23-14-,34-15-. The van der Waals surface area contributed by atoms with E-state index in [9.17, 15) is 8.78 Å². The summed E-state index contributed by atoms with van der Waals surface area (Å²) in [5, 5.41) is 4.85. The lowest BCUT2D eigenvalue weighted by Gasteiger charge is -2.30. The number of benzene rings is 1. The van der Waals surface area contributed by atoms with Gasteiger partial charge in [0.15, 0.2) is 0 Å². The van der Waals surface area contributed by atoms with Crippen molar-refractivity contribution in [2.75, 3.05) is 24.8 Å². The van der Waals surface area contributed by atoms with Crippen LogP contribution in [0.25, 0.3) is 17.1 Å². The third-order valence-corrected chi connectivity index (χ3v) is 9.70. The fourth-order valence-corrected chi connectivity index (χ4v) is 6.60. The number of ether oxygens (including phenoxy) is 1. The Labute approximate surface area is 258 Å².